The van der Waals surface area contributed by atoms with E-state index < -0.39 is 23.8 Å². The van der Waals surface area contributed by atoms with Gasteiger partial charge in [0, 0.05) is 16.4 Å². The molecular weight excluding hydrogens is 386 g/mol. The number of fused-ring (bicyclic) bond motifs is 1. The number of urea groups is 1. The number of benzene rings is 1. The molecule has 112 valence electrons. The maximum absolute atomic E-state index is 14.1. The fourth-order valence-electron chi connectivity index (χ4n) is 2.66. The molecule has 2 unspecified atom stereocenters. The summed E-state index contributed by atoms with van der Waals surface area (Å²) in [6, 6.07) is 1.29. The maximum Gasteiger partial charge on any atom is 0.332 e. The average molecular weight is 396 g/mol. The molecule has 0 N–H and O–H groups in total. The van der Waals surface area contributed by atoms with Gasteiger partial charge in [0.05, 0.1) is 10.7 Å². The van der Waals surface area contributed by atoms with Crippen LogP contribution in [0.25, 0.3) is 0 Å². The summed E-state index contributed by atoms with van der Waals surface area (Å²) in [7, 11) is 0. The van der Waals surface area contributed by atoms with Crippen LogP contribution in [0.4, 0.5) is 14.9 Å². The van der Waals surface area contributed by atoms with E-state index in [1.807, 2.05) is 0 Å². The smallest absolute Gasteiger partial charge is 0.312 e. The average Bonchev–Trinajstić information content (AvgIpc) is 2.66. The molecule has 2 saturated heterocycles. The van der Waals surface area contributed by atoms with Crippen molar-refractivity contribution in [3.8, 4) is 0 Å². The minimum atomic E-state index is -0.716. The summed E-state index contributed by atoms with van der Waals surface area (Å²) in [5.41, 5.74) is -0.0956. The molecule has 0 radical (unpaired) electrons. The molecule has 2 aliphatic heterocycles. The van der Waals surface area contributed by atoms with E-state index in [0.717, 1.165) is 11.0 Å². The molecule has 3 amide bonds. The zero-order valence-electron chi connectivity index (χ0n) is 10.7. The van der Waals surface area contributed by atoms with Gasteiger partial charge < -0.3 is 4.90 Å². The summed E-state index contributed by atoms with van der Waals surface area (Å²) in [4.78, 5) is 27.1. The fraction of sp³-hybridized carbons (Fsp3) is 0.385. The number of hydrogen-bond donors (Lipinski definition) is 0. The largest absolute Gasteiger partial charge is 0.332 e. The Hall–Kier alpha value is -0.850. The zero-order valence-corrected chi connectivity index (χ0v) is 13.8. The zero-order chi connectivity index (χ0) is 15.3. The number of carbonyl (C=O) groups excluding carboxylic acids is 2. The quantitative estimate of drug-likeness (QED) is 0.412. The van der Waals surface area contributed by atoms with Gasteiger partial charge in [0.1, 0.15) is 11.9 Å². The van der Waals surface area contributed by atoms with Crippen molar-refractivity contribution in [2.75, 3.05) is 11.4 Å². The number of rotatable bonds is 1. The lowest BCUT2D eigenvalue weighted by Crippen LogP contribution is -2.42. The highest BCUT2D eigenvalue weighted by molar-refractivity contribution is 9.10. The maximum atomic E-state index is 14.1. The third-order valence-corrected chi connectivity index (χ3v) is 5.31. The van der Waals surface area contributed by atoms with Crippen LogP contribution >= 0.6 is 39.1 Å². The first-order valence-electron chi connectivity index (χ1n) is 6.33. The number of amides is 3. The van der Waals surface area contributed by atoms with Crippen LogP contribution in [0.15, 0.2) is 16.6 Å². The van der Waals surface area contributed by atoms with Crippen molar-refractivity contribution in [1.29, 1.82) is 0 Å². The van der Waals surface area contributed by atoms with Crippen molar-refractivity contribution < 1.29 is 14.0 Å². The summed E-state index contributed by atoms with van der Waals surface area (Å²) >= 11 is 15.0. The molecule has 1 aromatic carbocycles. The summed E-state index contributed by atoms with van der Waals surface area (Å²) < 4.78 is 14.5. The Balaban J connectivity index is 2.01. The van der Waals surface area contributed by atoms with Crippen molar-refractivity contribution in [2.45, 2.75) is 24.3 Å². The third-order valence-electron chi connectivity index (χ3n) is 3.71. The van der Waals surface area contributed by atoms with Gasteiger partial charge in [-0.1, -0.05) is 11.6 Å². The van der Waals surface area contributed by atoms with Gasteiger partial charge >= 0.3 is 6.03 Å². The normalized spacial score (nSPS) is 25.5. The molecule has 0 bridgehead atoms. The number of nitrogens with zero attached hydrogens (tertiary/aromatic N) is 2. The molecule has 0 aliphatic carbocycles. The number of piperidine rings is 1. The Morgan fingerprint density at radius 3 is 2.76 bits per heavy atom. The molecule has 21 heavy (non-hydrogen) atoms. The molecule has 8 heteroatoms. The number of carbonyl (C=O) groups is 2. The molecule has 4 nitrogen and oxygen atoms in total. The van der Waals surface area contributed by atoms with Gasteiger partial charge in [-0.05, 0) is 40.9 Å². The van der Waals surface area contributed by atoms with Crippen molar-refractivity contribution in [3.05, 3.63) is 27.4 Å². The first-order chi connectivity index (χ1) is 9.90. The summed E-state index contributed by atoms with van der Waals surface area (Å²) in [6.45, 7) is 0.399. The lowest BCUT2D eigenvalue weighted by atomic mass is 10.0. The molecule has 2 fully saturated rings. The highest BCUT2D eigenvalue weighted by atomic mass is 79.9. The number of alkyl halides is 1. The first-order valence-corrected chi connectivity index (χ1v) is 7.94. The SMILES string of the molecule is O=C1C2CC(Cl)CCN2C(=O)N1c1cc(Br)c(Cl)cc1F. The van der Waals surface area contributed by atoms with Crippen LogP contribution in [0.5, 0.6) is 0 Å². The molecule has 2 heterocycles. The lowest BCUT2D eigenvalue weighted by molar-refractivity contribution is -0.120. The van der Waals surface area contributed by atoms with Crippen molar-refractivity contribution in [2.24, 2.45) is 0 Å². The van der Waals surface area contributed by atoms with Crippen LogP contribution in [0.3, 0.4) is 0 Å². The molecule has 3 rings (SSSR count). The molecule has 1 aromatic rings. The second-order valence-electron chi connectivity index (χ2n) is 5.00. The highest BCUT2D eigenvalue weighted by Gasteiger charge is 2.49. The first kappa shape index (κ1) is 15.1. The van der Waals surface area contributed by atoms with Gasteiger partial charge in [0.2, 0.25) is 0 Å². The van der Waals surface area contributed by atoms with Crippen LogP contribution in [-0.4, -0.2) is 34.8 Å². The summed E-state index contributed by atoms with van der Waals surface area (Å²) in [5.74, 6) is -1.16. The minimum absolute atomic E-state index is 0.0956. The minimum Gasteiger partial charge on any atom is -0.312 e. The van der Waals surface area contributed by atoms with Gasteiger partial charge in [-0.15, -0.1) is 11.6 Å². The predicted molar refractivity (Wildman–Crippen MR) is 81.4 cm³/mol. The van der Waals surface area contributed by atoms with Crippen molar-refractivity contribution >= 4 is 56.8 Å². The Morgan fingerprint density at radius 1 is 1.33 bits per heavy atom. The Kier molecular flexibility index (Phi) is 3.88. The standard InChI is InChI=1S/C13H10BrCl2FN2O2/c14-7-4-10(9(17)5-8(7)16)19-12(20)11-3-6(15)1-2-18(11)13(19)21/h4-6,11H,1-3H2. The van der Waals surface area contributed by atoms with Crippen molar-refractivity contribution in [3.63, 3.8) is 0 Å². The van der Waals surface area contributed by atoms with Crippen LogP contribution < -0.4 is 4.90 Å². The van der Waals surface area contributed by atoms with E-state index in [1.54, 1.807) is 0 Å². The van der Waals surface area contributed by atoms with E-state index in [1.165, 1.54) is 11.0 Å². The molecule has 0 spiro atoms. The van der Waals surface area contributed by atoms with Crippen LogP contribution in [0, 0.1) is 5.82 Å². The molecule has 0 aromatic heterocycles. The summed E-state index contributed by atoms with van der Waals surface area (Å²) in [5, 5.41) is 0.0265. The number of anilines is 1. The Morgan fingerprint density at radius 2 is 2.05 bits per heavy atom. The lowest BCUT2D eigenvalue weighted by Gasteiger charge is -2.29. The van der Waals surface area contributed by atoms with E-state index in [2.05, 4.69) is 15.9 Å². The van der Waals surface area contributed by atoms with E-state index in [9.17, 15) is 14.0 Å². The number of halogens is 4. The molecule has 2 atom stereocenters. The van der Waals surface area contributed by atoms with Gasteiger partial charge in [-0.25, -0.2) is 14.1 Å². The van der Waals surface area contributed by atoms with E-state index in [4.69, 9.17) is 23.2 Å². The third kappa shape index (κ3) is 2.43. The number of hydrogen-bond acceptors (Lipinski definition) is 2. The van der Waals surface area contributed by atoms with Gasteiger partial charge in [0.15, 0.2) is 0 Å². The van der Waals surface area contributed by atoms with Crippen LogP contribution in [-0.2, 0) is 4.79 Å². The summed E-state index contributed by atoms with van der Waals surface area (Å²) in [6.07, 6.45) is 1.01. The Bertz CT molecular complexity index is 643. The monoisotopic (exact) mass is 394 g/mol. The second-order valence-corrected chi connectivity index (χ2v) is 6.88. The van der Waals surface area contributed by atoms with E-state index in [-0.39, 0.29) is 16.1 Å². The highest BCUT2D eigenvalue weighted by Crippen LogP contribution is 2.36. The van der Waals surface area contributed by atoms with E-state index >= 15 is 0 Å². The van der Waals surface area contributed by atoms with Crippen molar-refractivity contribution in [1.82, 2.24) is 4.90 Å². The van der Waals surface area contributed by atoms with E-state index in [0.29, 0.717) is 23.9 Å². The van der Waals surface area contributed by atoms with Gasteiger partial charge in [-0.2, -0.15) is 0 Å². The molecule has 2 aliphatic rings. The van der Waals surface area contributed by atoms with Gasteiger partial charge in [0.25, 0.3) is 5.91 Å². The Labute approximate surface area is 138 Å². The predicted octanol–water partition coefficient (Wildman–Crippen LogP) is 3.78. The number of imide groups is 1. The fourth-order valence-corrected chi connectivity index (χ4v) is 3.41. The molecule has 0 saturated carbocycles. The second kappa shape index (κ2) is 5.41. The van der Waals surface area contributed by atoms with Crippen LogP contribution in [0.2, 0.25) is 5.02 Å². The van der Waals surface area contributed by atoms with Crippen LogP contribution in [0.1, 0.15) is 12.8 Å². The van der Waals surface area contributed by atoms with Gasteiger partial charge in [-0.3, -0.25) is 4.79 Å². The topological polar surface area (TPSA) is 40.6 Å². The molecular formula is C13H10BrCl2FN2O2.